The number of aryl methyl sites for hydroxylation is 2. The third kappa shape index (κ3) is 1.87. The van der Waals surface area contributed by atoms with Gasteiger partial charge in [0.2, 0.25) is 0 Å². The molecule has 1 aliphatic heterocycles. The molecule has 0 bridgehead atoms. The number of benzene rings is 1. The Morgan fingerprint density at radius 3 is 3.04 bits per heavy atom. The smallest absolute Gasteiger partial charge is 0.125 e. The van der Waals surface area contributed by atoms with Crippen LogP contribution in [0.1, 0.15) is 35.1 Å². The van der Waals surface area contributed by atoms with Crippen LogP contribution in [-0.4, -0.2) is 19.5 Å². The third-order valence-corrected chi connectivity index (χ3v) is 5.28. The Labute approximate surface area is 135 Å². The van der Waals surface area contributed by atoms with Crippen molar-refractivity contribution in [3.8, 4) is 11.3 Å². The quantitative estimate of drug-likeness (QED) is 0.692. The maximum atomic E-state index is 4.62. The van der Waals surface area contributed by atoms with E-state index in [-0.39, 0.29) is 0 Å². The van der Waals surface area contributed by atoms with E-state index in [0.717, 1.165) is 18.7 Å². The van der Waals surface area contributed by atoms with Crippen molar-refractivity contribution in [2.75, 3.05) is 0 Å². The minimum atomic E-state index is 0.387. The lowest BCUT2D eigenvalue weighted by molar-refractivity contribution is 0.344. The van der Waals surface area contributed by atoms with Crippen molar-refractivity contribution in [3.63, 3.8) is 0 Å². The van der Waals surface area contributed by atoms with Gasteiger partial charge in [-0.3, -0.25) is 0 Å². The Bertz CT molecular complexity index is 896. The van der Waals surface area contributed by atoms with E-state index in [2.05, 4.69) is 43.8 Å². The fraction of sp³-hybridized carbons (Fsp3) is 0.316. The second-order valence-electron chi connectivity index (χ2n) is 6.61. The predicted octanol–water partition coefficient (Wildman–Crippen LogP) is 3.36. The molecule has 3 heterocycles. The zero-order valence-corrected chi connectivity index (χ0v) is 13.1. The highest BCUT2D eigenvalue weighted by atomic mass is 15.1. The van der Waals surface area contributed by atoms with Gasteiger partial charge in [0, 0.05) is 17.5 Å². The average molecular weight is 302 g/mol. The SMILES string of the molecule is Cc1ncc2c(n1)CCC(C1c3ccccc3-c3cncn31)C2. The summed E-state index contributed by atoms with van der Waals surface area (Å²) in [7, 11) is 0. The lowest BCUT2D eigenvalue weighted by Gasteiger charge is -2.30. The summed E-state index contributed by atoms with van der Waals surface area (Å²) in [6, 6.07) is 9.14. The van der Waals surface area contributed by atoms with E-state index < -0.39 is 0 Å². The lowest BCUT2D eigenvalue weighted by Crippen LogP contribution is -2.25. The number of hydrogen-bond donors (Lipinski definition) is 0. The molecule has 0 N–H and O–H groups in total. The topological polar surface area (TPSA) is 43.6 Å². The molecule has 2 aromatic heterocycles. The molecule has 2 aliphatic rings. The van der Waals surface area contributed by atoms with Gasteiger partial charge in [0.05, 0.1) is 24.3 Å². The summed E-state index contributed by atoms with van der Waals surface area (Å²) in [6.07, 6.45) is 9.26. The molecule has 0 radical (unpaired) electrons. The van der Waals surface area contributed by atoms with Gasteiger partial charge in [0.15, 0.2) is 0 Å². The zero-order valence-electron chi connectivity index (χ0n) is 13.1. The summed E-state index contributed by atoms with van der Waals surface area (Å²) in [6.45, 7) is 1.97. The molecule has 1 aromatic carbocycles. The molecule has 4 heteroatoms. The van der Waals surface area contributed by atoms with Gasteiger partial charge < -0.3 is 4.57 Å². The molecule has 23 heavy (non-hydrogen) atoms. The molecule has 0 spiro atoms. The summed E-state index contributed by atoms with van der Waals surface area (Å²) in [4.78, 5) is 13.4. The van der Waals surface area contributed by atoms with E-state index in [9.17, 15) is 0 Å². The first-order valence-corrected chi connectivity index (χ1v) is 8.24. The number of imidazole rings is 1. The summed E-state index contributed by atoms with van der Waals surface area (Å²) < 4.78 is 2.36. The van der Waals surface area contributed by atoms with Gasteiger partial charge in [-0.15, -0.1) is 0 Å². The van der Waals surface area contributed by atoms with Crippen LogP contribution in [0.4, 0.5) is 0 Å². The summed E-state index contributed by atoms with van der Waals surface area (Å²) in [5.41, 5.74) is 6.58. The van der Waals surface area contributed by atoms with Gasteiger partial charge in [0.25, 0.3) is 0 Å². The molecule has 2 unspecified atom stereocenters. The molecule has 4 nitrogen and oxygen atoms in total. The molecule has 114 valence electrons. The van der Waals surface area contributed by atoms with Crippen LogP contribution >= 0.6 is 0 Å². The molecule has 0 amide bonds. The van der Waals surface area contributed by atoms with E-state index in [4.69, 9.17) is 0 Å². The molecular formula is C19H18N4. The van der Waals surface area contributed by atoms with Gasteiger partial charge in [-0.2, -0.15) is 0 Å². The van der Waals surface area contributed by atoms with Crippen LogP contribution in [0.15, 0.2) is 43.0 Å². The maximum absolute atomic E-state index is 4.62. The first-order chi connectivity index (χ1) is 11.3. The number of rotatable bonds is 1. The zero-order chi connectivity index (χ0) is 15.4. The van der Waals surface area contributed by atoms with Crippen LogP contribution in [0.2, 0.25) is 0 Å². The van der Waals surface area contributed by atoms with Gasteiger partial charge in [-0.1, -0.05) is 24.3 Å². The Hall–Kier alpha value is -2.49. The largest absolute Gasteiger partial charge is 0.323 e. The average Bonchev–Trinajstić information content (AvgIpc) is 3.15. The van der Waals surface area contributed by atoms with E-state index in [1.54, 1.807) is 0 Å². The Morgan fingerprint density at radius 2 is 2.09 bits per heavy atom. The molecule has 0 saturated heterocycles. The van der Waals surface area contributed by atoms with Crippen molar-refractivity contribution in [2.24, 2.45) is 5.92 Å². The van der Waals surface area contributed by atoms with Gasteiger partial charge in [-0.05, 0) is 43.2 Å². The van der Waals surface area contributed by atoms with E-state index in [0.29, 0.717) is 12.0 Å². The summed E-state index contributed by atoms with van der Waals surface area (Å²) in [5.74, 6) is 1.45. The molecule has 3 aromatic rings. The van der Waals surface area contributed by atoms with Crippen LogP contribution in [0.3, 0.4) is 0 Å². The highest BCUT2D eigenvalue weighted by Gasteiger charge is 2.36. The normalized spacial score (nSPS) is 21.6. The molecule has 5 rings (SSSR count). The number of nitrogens with zero attached hydrogens (tertiary/aromatic N) is 4. The number of aromatic nitrogens is 4. The van der Waals surface area contributed by atoms with Crippen molar-refractivity contribution in [1.29, 1.82) is 0 Å². The van der Waals surface area contributed by atoms with Gasteiger partial charge in [-0.25, -0.2) is 15.0 Å². The van der Waals surface area contributed by atoms with Crippen molar-refractivity contribution >= 4 is 0 Å². The summed E-state index contributed by atoms with van der Waals surface area (Å²) in [5, 5.41) is 0. The van der Waals surface area contributed by atoms with Crippen molar-refractivity contribution in [2.45, 2.75) is 32.2 Å². The molecule has 0 fully saturated rings. The fourth-order valence-electron chi connectivity index (χ4n) is 4.26. The second kappa shape index (κ2) is 4.75. The Balaban J connectivity index is 1.57. The standard InChI is InChI=1S/C19H18N4/c1-12-21-9-14-8-13(6-7-17(14)22-12)19-16-5-3-2-4-15(16)18-10-20-11-23(18)19/h2-5,9-11,13,19H,6-8H2,1H3. The Kier molecular flexibility index (Phi) is 2.68. The first kappa shape index (κ1) is 13.0. The first-order valence-electron chi connectivity index (χ1n) is 8.24. The minimum absolute atomic E-state index is 0.387. The second-order valence-corrected chi connectivity index (χ2v) is 6.61. The van der Waals surface area contributed by atoms with Crippen LogP contribution < -0.4 is 0 Å². The number of fused-ring (bicyclic) bond motifs is 4. The predicted molar refractivity (Wildman–Crippen MR) is 88.1 cm³/mol. The maximum Gasteiger partial charge on any atom is 0.125 e. The number of hydrogen-bond acceptors (Lipinski definition) is 3. The van der Waals surface area contributed by atoms with Crippen LogP contribution in [0, 0.1) is 12.8 Å². The van der Waals surface area contributed by atoms with E-state index in [1.165, 1.54) is 34.5 Å². The molecule has 1 aliphatic carbocycles. The molecule has 0 saturated carbocycles. The monoisotopic (exact) mass is 302 g/mol. The lowest BCUT2D eigenvalue weighted by atomic mass is 9.80. The van der Waals surface area contributed by atoms with E-state index in [1.807, 2.05) is 25.6 Å². The minimum Gasteiger partial charge on any atom is -0.323 e. The Morgan fingerprint density at radius 1 is 1.17 bits per heavy atom. The van der Waals surface area contributed by atoms with Gasteiger partial charge >= 0.3 is 0 Å². The van der Waals surface area contributed by atoms with Crippen LogP contribution in [0.25, 0.3) is 11.3 Å². The van der Waals surface area contributed by atoms with Crippen molar-refractivity contribution in [3.05, 3.63) is 65.6 Å². The third-order valence-electron chi connectivity index (χ3n) is 5.28. The van der Waals surface area contributed by atoms with Gasteiger partial charge in [0.1, 0.15) is 5.82 Å². The molecule has 2 atom stereocenters. The highest BCUT2D eigenvalue weighted by molar-refractivity contribution is 5.69. The highest BCUT2D eigenvalue weighted by Crippen LogP contribution is 2.45. The van der Waals surface area contributed by atoms with Crippen LogP contribution in [-0.2, 0) is 12.8 Å². The van der Waals surface area contributed by atoms with E-state index >= 15 is 0 Å². The fourth-order valence-corrected chi connectivity index (χ4v) is 4.26. The van der Waals surface area contributed by atoms with Crippen molar-refractivity contribution in [1.82, 2.24) is 19.5 Å². The van der Waals surface area contributed by atoms with Crippen LogP contribution in [0.5, 0.6) is 0 Å². The van der Waals surface area contributed by atoms with Crippen molar-refractivity contribution < 1.29 is 0 Å². The summed E-state index contributed by atoms with van der Waals surface area (Å²) >= 11 is 0. The molecular weight excluding hydrogens is 284 g/mol.